The zero-order chi connectivity index (χ0) is 12.5. The summed E-state index contributed by atoms with van der Waals surface area (Å²) in [5.41, 5.74) is 6.91. The average Bonchev–Trinajstić information content (AvgIpc) is 2.97. The molecule has 3 rings (SSSR count). The molecule has 4 heteroatoms. The van der Waals surface area contributed by atoms with Crippen molar-refractivity contribution in [3.63, 3.8) is 0 Å². The van der Waals surface area contributed by atoms with Gasteiger partial charge < -0.3 is 15.5 Å². The number of carbonyl (C=O) groups excluding carboxylic acids is 1. The maximum Gasteiger partial charge on any atom is 0.227 e. The summed E-state index contributed by atoms with van der Waals surface area (Å²) < 4.78 is 5.43. The van der Waals surface area contributed by atoms with Gasteiger partial charge in [-0.1, -0.05) is 12.2 Å². The lowest BCUT2D eigenvalue weighted by molar-refractivity contribution is -0.124. The van der Waals surface area contributed by atoms with Crippen molar-refractivity contribution < 1.29 is 9.21 Å². The summed E-state index contributed by atoms with van der Waals surface area (Å²) in [6, 6.07) is 2.09. The van der Waals surface area contributed by atoms with E-state index in [1.54, 1.807) is 6.26 Å². The molecular weight excluding hydrogens is 228 g/mol. The minimum atomic E-state index is -0.0720. The summed E-state index contributed by atoms with van der Waals surface area (Å²) in [6.07, 6.45) is 9.28. The molecule has 1 aromatic rings. The Morgan fingerprint density at radius 3 is 3.11 bits per heavy atom. The van der Waals surface area contributed by atoms with E-state index in [-0.39, 0.29) is 23.9 Å². The van der Waals surface area contributed by atoms with Crippen molar-refractivity contribution in [2.24, 2.45) is 11.7 Å². The Hall–Kier alpha value is -1.55. The average molecular weight is 246 g/mol. The Balaban J connectivity index is 1.68. The van der Waals surface area contributed by atoms with Crippen LogP contribution in [0.3, 0.4) is 0 Å². The van der Waals surface area contributed by atoms with Crippen LogP contribution in [0, 0.1) is 5.92 Å². The van der Waals surface area contributed by atoms with Crippen LogP contribution in [0.4, 0.5) is 0 Å². The first-order valence-electron chi connectivity index (χ1n) is 6.54. The molecule has 0 aliphatic heterocycles. The first-order valence-corrected chi connectivity index (χ1v) is 6.54. The van der Waals surface area contributed by atoms with E-state index in [2.05, 4.69) is 5.32 Å². The van der Waals surface area contributed by atoms with E-state index >= 15 is 0 Å². The number of carbonyl (C=O) groups is 1. The Morgan fingerprint density at radius 2 is 2.33 bits per heavy atom. The first-order chi connectivity index (χ1) is 8.74. The maximum atomic E-state index is 12.1. The SMILES string of the molecule is NC1C=CC(C(=O)NC2CCCc3occc32)C1. The molecule has 0 fully saturated rings. The van der Waals surface area contributed by atoms with E-state index in [1.165, 1.54) is 0 Å². The number of nitrogens with one attached hydrogen (secondary N) is 1. The van der Waals surface area contributed by atoms with Gasteiger partial charge in [0.05, 0.1) is 18.2 Å². The molecule has 0 bridgehead atoms. The number of fused-ring (bicyclic) bond motifs is 1. The lowest BCUT2D eigenvalue weighted by Crippen LogP contribution is -2.35. The van der Waals surface area contributed by atoms with Gasteiger partial charge >= 0.3 is 0 Å². The van der Waals surface area contributed by atoms with Gasteiger partial charge in [0.1, 0.15) is 5.76 Å². The van der Waals surface area contributed by atoms with Gasteiger partial charge in [-0.2, -0.15) is 0 Å². The minimum absolute atomic E-state index is 0.0246. The molecule has 0 saturated carbocycles. The molecule has 96 valence electrons. The van der Waals surface area contributed by atoms with E-state index in [0.29, 0.717) is 0 Å². The van der Waals surface area contributed by atoms with Crippen LogP contribution in [0.25, 0.3) is 0 Å². The highest BCUT2D eigenvalue weighted by Gasteiger charge is 2.28. The number of rotatable bonds is 2. The van der Waals surface area contributed by atoms with Gasteiger partial charge in [0.25, 0.3) is 0 Å². The molecule has 3 N–H and O–H groups in total. The second kappa shape index (κ2) is 4.61. The maximum absolute atomic E-state index is 12.1. The van der Waals surface area contributed by atoms with Crippen molar-refractivity contribution in [2.75, 3.05) is 0 Å². The molecule has 1 heterocycles. The molecule has 3 atom stereocenters. The summed E-state index contributed by atoms with van der Waals surface area (Å²) in [7, 11) is 0. The van der Waals surface area contributed by atoms with E-state index in [0.717, 1.165) is 37.0 Å². The van der Waals surface area contributed by atoms with Gasteiger partial charge in [-0.25, -0.2) is 0 Å². The molecule has 3 unspecified atom stereocenters. The van der Waals surface area contributed by atoms with E-state index in [9.17, 15) is 4.79 Å². The molecule has 0 radical (unpaired) electrons. The Labute approximate surface area is 106 Å². The van der Waals surface area contributed by atoms with Crippen LogP contribution >= 0.6 is 0 Å². The predicted octanol–water partition coefficient (Wildman–Crippen LogP) is 1.68. The van der Waals surface area contributed by atoms with Crippen molar-refractivity contribution in [3.8, 4) is 0 Å². The van der Waals surface area contributed by atoms with Crippen molar-refractivity contribution in [3.05, 3.63) is 35.8 Å². The fourth-order valence-corrected chi connectivity index (χ4v) is 2.84. The van der Waals surface area contributed by atoms with Crippen molar-refractivity contribution >= 4 is 5.91 Å². The molecule has 18 heavy (non-hydrogen) atoms. The monoisotopic (exact) mass is 246 g/mol. The summed E-state index contributed by atoms with van der Waals surface area (Å²) in [5, 5.41) is 3.12. The third-order valence-electron chi connectivity index (χ3n) is 3.82. The van der Waals surface area contributed by atoms with Crippen molar-refractivity contribution in [1.82, 2.24) is 5.32 Å². The lowest BCUT2D eigenvalue weighted by Gasteiger charge is -2.24. The minimum Gasteiger partial charge on any atom is -0.469 e. The molecule has 4 nitrogen and oxygen atoms in total. The number of furan rings is 1. The van der Waals surface area contributed by atoms with Crippen LogP contribution in [0.1, 0.15) is 36.6 Å². The quantitative estimate of drug-likeness (QED) is 0.780. The van der Waals surface area contributed by atoms with E-state index in [4.69, 9.17) is 10.2 Å². The van der Waals surface area contributed by atoms with E-state index < -0.39 is 0 Å². The number of amides is 1. The van der Waals surface area contributed by atoms with Gasteiger partial charge in [0, 0.05) is 18.0 Å². The van der Waals surface area contributed by atoms with Crippen molar-refractivity contribution in [2.45, 2.75) is 37.8 Å². The summed E-state index contributed by atoms with van der Waals surface area (Å²) in [5.74, 6) is 1.03. The van der Waals surface area contributed by atoms with Crippen LogP contribution in [0.2, 0.25) is 0 Å². The van der Waals surface area contributed by atoms with Gasteiger partial charge in [-0.3, -0.25) is 4.79 Å². The van der Waals surface area contributed by atoms with Gasteiger partial charge in [-0.15, -0.1) is 0 Å². The standard InChI is InChI=1S/C14H18N2O2/c15-10-5-4-9(8-10)14(17)16-12-2-1-3-13-11(12)6-7-18-13/h4-7,9-10,12H,1-3,8,15H2,(H,16,17). The molecule has 1 amide bonds. The highest BCUT2D eigenvalue weighted by molar-refractivity contribution is 5.81. The Bertz CT molecular complexity index is 478. The third kappa shape index (κ3) is 2.08. The fraction of sp³-hybridized carbons (Fsp3) is 0.500. The molecule has 2 aliphatic rings. The molecular formula is C14H18N2O2. The van der Waals surface area contributed by atoms with Crippen molar-refractivity contribution in [1.29, 1.82) is 0 Å². The Kier molecular flexibility index (Phi) is 2.96. The highest BCUT2D eigenvalue weighted by Crippen LogP contribution is 2.31. The third-order valence-corrected chi connectivity index (χ3v) is 3.82. The summed E-state index contributed by atoms with van der Waals surface area (Å²) in [4.78, 5) is 12.1. The van der Waals surface area contributed by atoms with Gasteiger partial charge in [0.2, 0.25) is 5.91 Å². The number of hydrogen-bond donors (Lipinski definition) is 2. The molecule has 1 aromatic heterocycles. The van der Waals surface area contributed by atoms with Crippen LogP contribution in [-0.2, 0) is 11.2 Å². The molecule has 0 saturated heterocycles. The zero-order valence-electron chi connectivity index (χ0n) is 10.3. The smallest absolute Gasteiger partial charge is 0.227 e. The normalized spacial score (nSPS) is 30.2. The van der Waals surface area contributed by atoms with E-state index in [1.807, 2.05) is 18.2 Å². The first kappa shape index (κ1) is 11.5. The topological polar surface area (TPSA) is 68.3 Å². The highest BCUT2D eigenvalue weighted by atomic mass is 16.3. The molecule has 0 spiro atoms. The molecule has 0 aromatic carbocycles. The van der Waals surface area contributed by atoms with Gasteiger partial charge in [-0.05, 0) is 25.3 Å². The van der Waals surface area contributed by atoms with Crippen LogP contribution in [0.15, 0.2) is 28.9 Å². The largest absolute Gasteiger partial charge is 0.469 e. The lowest BCUT2D eigenvalue weighted by atomic mass is 9.93. The fourth-order valence-electron chi connectivity index (χ4n) is 2.84. The van der Waals surface area contributed by atoms with Gasteiger partial charge in [0.15, 0.2) is 0 Å². The zero-order valence-corrected chi connectivity index (χ0v) is 10.3. The second-order valence-corrected chi connectivity index (χ2v) is 5.14. The summed E-state index contributed by atoms with van der Waals surface area (Å²) >= 11 is 0. The van der Waals surface area contributed by atoms with Crippen LogP contribution < -0.4 is 11.1 Å². The Morgan fingerprint density at radius 1 is 1.44 bits per heavy atom. The summed E-state index contributed by atoms with van der Waals surface area (Å²) in [6.45, 7) is 0. The number of aryl methyl sites for hydroxylation is 1. The molecule has 2 aliphatic carbocycles. The van der Waals surface area contributed by atoms with Crippen LogP contribution in [0.5, 0.6) is 0 Å². The predicted molar refractivity (Wildman–Crippen MR) is 67.8 cm³/mol. The second-order valence-electron chi connectivity index (χ2n) is 5.14. The number of hydrogen-bond acceptors (Lipinski definition) is 3. The van der Waals surface area contributed by atoms with Crippen LogP contribution in [-0.4, -0.2) is 11.9 Å². The number of nitrogens with two attached hydrogens (primary N) is 1.